The van der Waals surface area contributed by atoms with Gasteiger partial charge in [-0.1, -0.05) is 32.9 Å². The fourth-order valence-corrected chi connectivity index (χ4v) is 4.81. The molecule has 1 saturated heterocycles. The summed E-state index contributed by atoms with van der Waals surface area (Å²) in [5.74, 6) is -0.619. The minimum Gasteiger partial charge on any atom is -0.325 e. The number of rotatable bonds is 4. The summed E-state index contributed by atoms with van der Waals surface area (Å²) >= 11 is 0. The Hall–Kier alpha value is -2.70. The Morgan fingerprint density at radius 3 is 2.61 bits per heavy atom. The first-order valence-corrected chi connectivity index (χ1v) is 9.56. The van der Waals surface area contributed by atoms with Crippen LogP contribution >= 0.6 is 0 Å². The molecule has 1 aromatic carbocycles. The monoisotopic (exact) mass is 385 g/mol. The van der Waals surface area contributed by atoms with Gasteiger partial charge in [0.1, 0.15) is 12.1 Å². The molecule has 0 unspecified atom stereocenters. The summed E-state index contributed by atoms with van der Waals surface area (Å²) in [5, 5.41) is 5.52. The van der Waals surface area contributed by atoms with Crippen LogP contribution in [0.15, 0.2) is 24.3 Å². The van der Waals surface area contributed by atoms with Gasteiger partial charge in [-0.15, -0.1) is 0 Å². The summed E-state index contributed by atoms with van der Waals surface area (Å²) in [7, 11) is 0. The third-order valence-corrected chi connectivity index (χ3v) is 5.48. The first-order valence-electron chi connectivity index (χ1n) is 9.56. The van der Waals surface area contributed by atoms with E-state index in [1.165, 1.54) is 6.92 Å². The SMILES string of the molecule is CC(=O)c1cccc(NC(=O)CN2C(=O)N[C@]3(C[C@@H](C)CC(C)(C)C3)C2=O)c1. The molecular weight excluding hydrogens is 358 g/mol. The van der Waals surface area contributed by atoms with E-state index in [1.807, 2.05) is 0 Å². The van der Waals surface area contributed by atoms with Crippen molar-refractivity contribution < 1.29 is 19.2 Å². The zero-order valence-electron chi connectivity index (χ0n) is 16.8. The van der Waals surface area contributed by atoms with Gasteiger partial charge in [-0.2, -0.15) is 0 Å². The van der Waals surface area contributed by atoms with Crippen molar-refractivity contribution in [2.45, 2.75) is 52.5 Å². The zero-order chi connectivity index (χ0) is 20.7. The van der Waals surface area contributed by atoms with Crippen molar-refractivity contribution >= 4 is 29.3 Å². The molecular formula is C21H27N3O4. The highest BCUT2D eigenvalue weighted by atomic mass is 16.2. The molecule has 1 aliphatic carbocycles. The van der Waals surface area contributed by atoms with E-state index in [-0.39, 0.29) is 23.7 Å². The van der Waals surface area contributed by atoms with Crippen LogP contribution in [0.3, 0.4) is 0 Å². The van der Waals surface area contributed by atoms with Gasteiger partial charge in [0.05, 0.1) is 0 Å². The predicted molar refractivity (Wildman–Crippen MR) is 105 cm³/mol. The first kappa shape index (κ1) is 20.0. The van der Waals surface area contributed by atoms with Gasteiger partial charge in [0.15, 0.2) is 5.78 Å². The van der Waals surface area contributed by atoms with Crippen LogP contribution < -0.4 is 10.6 Å². The van der Waals surface area contributed by atoms with Crippen LogP contribution in [0.25, 0.3) is 0 Å². The molecule has 2 atom stereocenters. The highest BCUT2D eigenvalue weighted by Gasteiger charge is 2.56. The first-order chi connectivity index (χ1) is 13.0. The quantitative estimate of drug-likeness (QED) is 0.615. The summed E-state index contributed by atoms with van der Waals surface area (Å²) in [6.45, 7) is 7.37. The number of hydrogen-bond donors (Lipinski definition) is 2. The van der Waals surface area contributed by atoms with Crippen molar-refractivity contribution in [3.05, 3.63) is 29.8 Å². The number of carbonyl (C=O) groups excluding carboxylic acids is 4. The van der Waals surface area contributed by atoms with E-state index in [2.05, 4.69) is 31.4 Å². The number of nitrogens with one attached hydrogen (secondary N) is 2. The molecule has 28 heavy (non-hydrogen) atoms. The van der Waals surface area contributed by atoms with Crippen LogP contribution in [0.1, 0.15) is 57.3 Å². The second kappa shape index (κ2) is 7.04. The summed E-state index contributed by atoms with van der Waals surface area (Å²) in [6.07, 6.45) is 2.14. The Balaban J connectivity index is 1.71. The maximum absolute atomic E-state index is 13.1. The number of Topliss-reactive ketones (excluding diaryl/α,β-unsaturated/α-hetero) is 1. The highest BCUT2D eigenvalue weighted by molar-refractivity contribution is 6.10. The lowest BCUT2D eigenvalue weighted by molar-refractivity contribution is -0.136. The normalized spacial score (nSPS) is 26.3. The van der Waals surface area contributed by atoms with Gasteiger partial charge in [0, 0.05) is 11.3 Å². The molecule has 2 fully saturated rings. The fourth-order valence-electron chi connectivity index (χ4n) is 4.81. The van der Waals surface area contributed by atoms with Crippen molar-refractivity contribution in [3.63, 3.8) is 0 Å². The molecule has 3 rings (SSSR count). The smallest absolute Gasteiger partial charge is 0.325 e. The largest absolute Gasteiger partial charge is 0.325 e. The molecule has 7 nitrogen and oxygen atoms in total. The number of ketones is 1. The fraction of sp³-hybridized carbons (Fsp3) is 0.524. The Bertz CT molecular complexity index is 848. The maximum Gasteiger partial charge on any atom is 0.325 e. The highest BCUT2D eigenvalue weighted by Crippen LogP contribution is 2.46. The average Bonchev–Trinajstić information content (AvgIpc) is 2.76. The summed E-state index contributed by atoms with van der Waals surface area (Å²) in [6, 6.07) is 6.02. The standard InChI is InChI=1S/C21H27N3O4/c1-13-9-20(3,4)12-21(10-13)18(27)24(19(28)23-21)11-17(26)22-16-7-5-6-15(8-16)14(2)25/h5-8,13H,9-12H2,1-4H3,(H,22,26)(H,23,28)/t13-,21-/m0/s1. The van der Waals surface area contributed by atoms with Gasteiger partial charge in [-0.25, -0.2) is 4.79 Å². The topological polar surface area (TPSA) is 95.6 Å². The Morgan fingerprint density at radius 2 is 1.96 bits per heavy atom. The number of nitrogens with zero attached hydrogens (tertiary/aromatic N) is 1. The van der Waals surface area contributed by atoms with Gasteiger partial charge >= 0.3 is 6.03 Å². The molecule has 1 saturated carbocycles. The van der Waals surface area contributed by atoms with E-state index < -0.39 is 17.5 Å². The molecule has 0 radical (unpaired) electrons. The third-order valence-electron chi connectivity index (χ3n) is 5.48. The predicted octanol–water partition coefficient (Wildman–Crippen LogP) is 2.96. The van der Waals surface area contributed by atoms with E-state index in [9.17, 15) is 19.2 Å². The van der Waals surface area contributed by atoms with Gasteiger partial charge in [-0.3, -0.25) is 19.3 Å². The molecule has 1 aromatic rings. The Kier molecular flexibility index (Phi) is 5.04. The minimum absolute atomic E-state index is 0.0635. The minimum atomic E-state index is -0.924. The van der Waals surface area contributed by atoms with Crippen molar-refractivity contribution in [2.75, 3.05) is 11.9 Å². The van der Waals surface area contributed by atoms with Crippen molar-refractivity contribution in [1.82, 2.24) is 10.2 Å². The van der Waals surface area contributed by atoms with E-state index in [4.69, 9.17) is 0 Å². The van der Waals surface area contributed by atoms with Crippen LogP contribution in [0.4, 0.5) is 10.5 Å². The number of carbonyl (C=O) groups is 4. The molecule has 1 spiro atoms. The maximum atomic E-state index is 13.1. The number of amides is 4. The molecule has 7 heteroatoms. The van der Waals surface area contributed by atoms with E-state index >= 15 is 0 Å². The van der Waals surface area contributed by atoms with Crippen molar-refractivity contribution in [3.8, 4) is 0 Å². The lowest BCUT2D eigenvalue weighted by Gasteiger charge is -2.43. The molecule has 0 aromatic heterocycles. The van der Waals surface area contributed by atoms with Gasteiger partial charge in [-0.05, 0) is 49.7 Å². The van der Waals surface area contributed by atoms with Gasteiger partial charge in [0.25, 0.3) is 5.91 Å². The number of anilines is 1. The number of imide groups is 1. The second-order valence-electron chi connectivity index (χ2n) is 8.94. The summed E-state index contributed by atoms with van der Waals surface area (Å²) in [4.78, 5) is 50.5. The van der Waals surface area contributed by atoms with Crippen LogP contribution in [0, 0.1) is 11.3 Å². The van der Waals surface area contributed by atoms with Crippen molar-refractivity contribution in [2.24, 2.45) is 11.3 Å². The number of hydrogen-bond acceptors (Lipinski definition) is 4. The third kappa shape index (κ3) is 3.93. The molecule has 2 N–H and O–H groups in total. The van der Waals surface area contributed by atoms with E-state index in [1.54, 1.807) is 24.3 Å². The lowest BCUT2D eigenvalue weighted by Crippen LogP contribution is -2.54. The zero-order valence-corrected chi connectivity index (χ0v) is 16.8. The average molecular weight is 385 g/mol. The molecule has 150 valence electrons. The molecule has 2 aliphatic rings. The molecule has 4 amide bonds. The summed E-state index contributed by atoms with van der Waals surface area (Å²) in [5.41, 5.74) is -0.0592. The second-order valence-corrected chi connectivity index (χ2v) is 8.94. The van der Waals surface area contributed by atoms with Crippen LogP contribution in [-0.4, -0.2) is 40.6 Å². The summed E-state index contributed by atoms with van der Waals surface area (Å²) < 4.78 is 0. The van der Waals surface area contributed by atoms with E-state index in [0.717, 1.165) is 11.3 Å². The van der Waals surface area contributed by atoms with E-state index in [0.29, 0.717) is 30.0 Å². The Labute approximate surface area is 164 Å². The number of urea groups is 1. The van der Waals surface area contributed by atoms with Crippen LogP contribution in [0.2, 0.25) is 0 Å². The van der Waals surface area contributed by atoms with Crippen molar-refractivity contribution in [1.29, 1.82) is 0 Å². The molecule has 1 heterocycles. The van der Waals surface area contributed by atoms with Crippen LogP contribution in [-0.2, 0) is 9.59 Å². The molecule has 0 bridgehead atoms. The van der Waals surface area contributed by atoms with Gasteiger partial charge < -0.3 is 10.6 Å². The van der Waals surface area contributed by atoms with Gasteiger partial charge in [0.2, 0.25) is 5.91 Å². The molecule has 1 aliphatic heterocycles. The van der Waals surface area contributed by atoms with Crippen LogP contribution in [0.5, 0.6) is 0 Å². The lowest BCUT2D eigenvalue weighted by atomic mass is 9.64. The Morgan fingerprint density at radius 1 is 1.25 bits per heavy atom. The number of benzene rings is 1.